The molecule has 0 atom stereocenters. The van der Waals surface area contributed by atoms with Gasteiger partial charge in [0, 0.05) is 31.6 Å². The van der Waals surface area contributed by atoms with E-state index in [9.17, 15) is 9.90 Å². The summed E-state index contributed by atoms with van der Waals surface area (Å²) in [5.41, 5.74) is 0.596. The number of hydrogen-bond acceptors (Lipinski definition) is 4. The number of carbonyl (C=O) groups is 1. The third-order valence-corrected chi connectivity index (χ3v) is 3.07. The van der Waals surface area contributed by atoms with Crippen molar-refractivity contribution in [1.82, 2.24) is 4.98 Å². The van der Waals surface area contributed by atoms with Crippen LogP contribution in [0.5, 0.6) is 5.88 Å². The van der Waals surface area contributed by atoms with Crippen LogP contribution in [0.3, 0.4) is 0 Å². The largest absolute Gasteiger partial charge is 0.478 e. The Balaban J connectivity index is 2.27. The normalized spacial score (nSPS) is 10.7. The number of nitrogens with zero attached hydrogens (tertiary/aromatic N) is 1. The molecule has 0 aliphatic heterocycles. The van der Waals surface area contributed by atoms with Crippen LogP contribution in [-0.2, 0) is 4.74 Å². The van der Waals surface area contributed by atoms with Crippen LogP contribution >= 0.6 is 11.6 Å². The average Bonchev–Trinajstić information content (AvgIpc) is 2.43. The molecule has 5 nitrogen and oxygen atoms in total. The van der Waals surface area contributed by atoms with Crippen molar-refractivity contribution in [2.45, 2.75) is 6.42 Å². The monoisotopic (exact) mass is 295 g/mol. The number of carboxylic acid groups (broad SMARTS) is 1. The summed E-state index contributed by atoms with van der Waals surface area (Å²) < 4.78 is 10.4. The Bertz CT molecular complexity index is 630. The van der Waals surface area contributed by atoms with E-state index in [1.807, 2.05) is 0 Å². The summed E-state index contributed by atoms with van der Waals surface area (Å²) in [5, 5.41) is 9.87. The Morgan fingerprint density at radius 2 is 2.10 bits per heavy atom. The van der Waals surface area contributed by atoms with Gasteiger partial charge in [-0.15, -0.1) is 0 Å². The Morgan fingerprint density at radius 1 is 1.30 bits per heavy atom. The number of fused-ring (bicyclic) bond motifs is 1. The Labute approximate surface area is 121 Å². The minimum atomic E-state index is -1.07. The number of hydrogen-bond donors (Lipinski definition) is 1. The number of ether oxygens (including phenoxy) is 2. The first-order valence-corrected chi connectivity index (χ1v) is 6.45. The first-order chi connectivity index (χ1) is 9.63. The van der Waals surface area contributed by atoms with Gasteiger partial charge in [-0.1, -0.05) is 11.6 Å². The molecular weight excluding hydrogens is 282 g/mol. The third-order valence-electron chi connectivity index (χ3n) is 2.75. The summed E-state index contributed by atoms with van der Waals surface area (Å²) in [6, 6.07) is 6.49. The average molecular weight is 296 g/mol. The fourth-order valence-corrected chi connectivity index (χ4v) is 2.08. The van der Waals surface area contributed by atoms with Gasteiger partial charge in [-0.25, -0.2) is 9.78 Å². The van der Waals surface area contributed by atoms with Crippen LogP contribution in [0.15, 0.2) is 24.3 Å². The van der Waals surface area contributed by atoms with Gasteiger partial charge < -0.3 is 14.6 Å². The van der Waals surface area contributed by atoms with Gasteiger partial charge >= 0.3 is 5.97 Å². The van der Waals surface area contributed by atoms with Crippen molar-refractivity contribution >= 4 is 28.5 Å². The van der Waals surface area contributed by atoms with E-state index in [1.165, 1.54) is 6.07 Å². The summed E-state index contributed by atoms with van der Waals surface area (Å²) in [6.45, 7) is 1.11. The second-order valence-corrected chi connectivity index (χ2v) is 4.55. The lowest BCUT2D eigenvalue weighted by molar-refractivity contribution is 0.0699. The molecule has 0 unspecified atom stereocenters. The number of aromatic carboxylic acids is 1. The second-order valence-electron chi connectivity index (χ2n) is 4.14. The number of aromatic nitrogens is 1. The van der Waals surface area contributed by atoms with Gasteiger partial charge in [0.1, 0.15) is 0 Å². The smallest absolute Gasteiger partial charge is 0.337 e. The van der Waals surface area contributed by atoms with Crippen molar-refractivity contribution in [3.63, 3.8) is 0 Å². The molecule has 20 heavy (non-hydrogen) atoms. The SMILES string of the molecule is COCCCOc1ccc2c(C(=O)O)c(Cl)ccc2n1. The fraction of sp³-hybridized carbons (Fsp3) is 0.286. The number of carboxylic acids is 1. The lowest BCUT2D eigenvalue weighted by atomic mass is 10.1. The Hall–Kier alpha value is -1.85. The highest BCUT2D eigenvalue weighted by Crippen LogP contribution is 2.26. The van der Waals surface area contributed by atoms with Crippen LogP contribution in [0.2, 0.25) is 5.02 Å². The van der Waals surface area contributed by atoms with E-state index in [-0.39, 0.29) is 10.6 Å². The van der Waals surface area contributed by atoms with Crippen LogP contribution in [0, 0.1) is 0 Å². The number of benzene rings is 1. The molecule has 0 spiro atoms. The van der Waals surface area contributed by atoms with E-state index in [0.717, 1.165) is 6.42 Å². The number of pyridine rings is 1. The highest BCUT2D eigenvalue weighted by atomic mass is 35.5. The molecule has 1 aromatic heterocycles. The Morgan fingerprint density at radius 3 is 2.80 bits per heavy atom. The number of halogens is 1. The highest BCUT2D eigenvalue weighted by molar-refractivity contribution is 6.35. The third kappa shape index (κ3) is 3.18. The maximum absolute atomic E-state index is 11.2. The molecule has 0 fully saturated rings. The standard InChI is InChI=1S/C14H14ClNO4/c1-19-7-2-8-20-12-6-3-9-11(16-12)5-4-10(15)13(9)14(17)18/h3-6H,2,7-8H2,1H3,(H,17,18). The molecule has 2 rings (SSSR count). The Kier molecular flexibility index (Phi) is 4.76. The lowest BCUT2D eigenvalue weighted by Crippen LogP contribution is -2.03. The molecule has 106 valence electrons. The summed E-state index contributed by atoms with van der Waals surface area (Å²) in [6.07, 6.45) is 0.761. The van der Waals surface area contributed by atoms with Crippen LogP contribution in [0.25, 0.3) is 10.9 Å². The summed E-state index contributed by atoms with van der Waals surface area (Å²) >= 11 is 5.90. The molecule has 2 aromatic rings. The minimum Gasteiger partial charge on any atom is -0.478 e. The maximum Gasteiger partial charge on any atom is 0.337 e. The summed E-state index contributed by atoms with van der Waals surface area (Å²) in [7, 11) is 1.63. The van der Waals surface area contributed by atoms with Crippen molar-refractivity contribution in [3.05, 3.63) is 34.9 Å². The molecule has 0 bridgehead atoms. The summed E-state index contributed by atoms with van der Waals surface area (Å²) in [5.74, 6) is -0.622. The van der Waals surface area contributed by atoms with E-state index in [0.29, 0.717) is 30.0 Å². The van der Waals surface area contributed by atoms with E-state index in [4.69, 9.17) is 21.1 Å². The van der Waals surface area contributed by atoms with Crippen molar-refractivity contribution < 1.29 is 19.4 Å². The van der Waals surface area contributed by atoms with Gasteiger partial charge in [-0.05, 0) is 18.2 Å². The molecule has 0 radical (unpaired) electrons. The van der Waals surface area contributed by atoms with Crippen molar-refractivity contribution in [3.8, 4) is 5.88 Å². The molecule has 0 aliphatic carbocycles. The van der Waals surface area contributed by atoms with E-state index in [1.54, 1.807) is 25.3 Å². The molecule has 1 aromatic carbocycles. The maximum atomic E-state index is 11.2. The molecule has 0 amide bonds. The van der Waals surface area contributed by atoms with Gasteiger partial charge in [-0.2, -0.15) is 0 Å². The topological polar surface area (TPSA) is 68.7 Å². The molecule has 0 aliphatic rings. The van der Waals surface area contributed by atoms with Crippen molar-refractivity contribution in [1.29, 1.82) is 0 Å². The van der Waals surface area contributed by atoms with E-state index in [2.05, 4.69) is 4.98 Å². The van der Waals surface area contributed by atoms with Crippen LogP contribution in [0.1, 0.15) is 16.8 Å². The van der Waals surface area contributed by atoms with E-state index < -0.39 is 5.97 Å². The fourth-order valence-electron chi connectivity index (χ4n) is 1.84. The van der Waals surface area contributed by atoms with Crippen LogP contribution in [-0.4, -0.2) is 36.4 Å². The number of rotatable bonds is 6. The number of methoxy groups -OCH3 is 1. The predicted octanol–water partition coefficient (Wildman–Crippen LogP) is 3.00. The highest BCUT2D eigenvalue weighted by Gasteiger charge is 2.14. The van der Waals surface area contributed by atoms with Gasteiger partial charge in [0.05, 0.1) is 22.7 Å². The first-order valence-electron chi connectivity index (χ1n) is 6.08. The quantitative estimate of drug-likeness (QED) is 0.830. The van der Waals surface area contributed by atoms with E-state index >= 15 is 0 Å². The zero-order chi connectivity index (χ0) is 14.5. The lowest BCUT2D eigenvalue weighted by Gasteiger charge is -2.08. The van der Waals surface area contributed by atoms with Gasteiger partial charge in [0.2, 0.25) is 5.88 Å². The van der Waals surface area contributed by atoms with Crippen molar-refractivity contribution in [2.75, 3.05) is 20.3 Å². The summed E-state index contributed by atoms with van der Waals surface area (Å²) in [4.78, 5) is 15.5. The zero-order valence-corrected chi connectivity index (χ0v) is 11.7. The first kappa shape index (κ1) is 14.6. The van der Waals surface area contributed by atoms with Gasteiger partial charge in [-0.3, -0.25) is 0 Å². The van der Waals surface area contributed by atoms with Gasteiger partial charge in [0.15, 0.2) is 0 Å². The molecule has 0 saturated carbocycles. The predicted molar refractivity (Wildman–Crippen MR) is 75.7 cm³/mol. The molecule has 1 heterocycles. The van der Waals surface area contributed by atoms with Crippen LogP contribution < -0.4 is 4.74 Å². The molecule has 0 saturated heterocycles. The molecule has 6 heteroatoms. The van der Waals surface area contributed by atoms with Crippen LogP contribution in [0.4, 0.5) is 0 Å². The molecular formula is C14H14ClNO4. The minimum absolute atomic E-state index is 0.0580. The zero-order valence-electron chi connectivity index (χ0n) is 10.9. The van der Waals surface area contributed by atoms with Gasteiger partial charge in [0.25, 0.3) is 0 Å². The van der Waals surface area contributed by atoms with Crippen molar-refractivity contribution in [2.24, 2.45) is 0 Å². The second kappa shape index (κ2) is 6.54. The molecule has 1 N–H and O–H groups in total.